The van der Waals surface area contributed by atoms with Crippen LogP contribution in [0.5, 0.6) is 0 Å². The van der Waals surface area contributed by atoms with E-state index in [1.165, 1.54) is 18.3 Å². The van der Waals surface area contributed by atoms with Gasteiger partial charge in [0.1, 0.15) is 0 Å². The molecule has 2 amide bonds. The van der Waals surface area contributed by atoms with Gasteiger partial charge in [0.2, 0.25) is 5.91 Å². The lowest BCUT2D eigenvalue weighted by Crippen LogP contribution is -2.23. The zero-order chi connectivity index (χ0) is 16.1. The molecule has 0 radical (unpaired) electrons. The number of carbonyl (C=O) groups excluding carboxylic acids is 2. The Bertz CT molecular complexity index is 745. The molecule has 7 heteroatoms. The van der Waals surface area contributed by atoms with E-state index in [1.807, 2.05) is 31.2 Å². The highest BCUT2D eigenvalue weighted by Crippen LogP contribution is 2.16. The smallest absolute Gasteiger partial charge is 0.272 e. The summed E-state index contributed by atoms with van der Waals surface area (Å²) in [5.74, 6) is -1.17. The zero-order valence-corrected chi connectivity index (χ0v) is 14.6. The molecule has 0 atom stereocenters. The van der Waals surface area contributed by atoms with E-state index < -0.39 is 11.8 Å². The highest BCUT2D eigenvalue weighted by atomic mass is 79.9. The van der Waals surface area contributed by atoms with Crippen molar-refractivity contribution >= 4 is 46.4 Å². The maximum absolute atomic E-state index is 12.1. The number of nitrogens with two attached hydrogens (primary N) is 1. The van der Waals surface area contributed by atoms with Crippen molar-refractivity contribution in [3.63, 3.8) is 0 Å². The predicted octanol–water partition coefficient (Wildman–Crippen LogP) is 3.04. The van der Waals surface area contributed by atoms with Crippen molar-refractivity contribution in [2.24, 2.45) is 10.8 Å². The van der Waals surface area contributed by atoms with Crippen molar-refractivity contribution in [2.75, 3.05) is 0 Å². The largest absolute Gasteiger partial charge is 0.366 e. The van der Waals surface area contributed by atoms with Crippen LogP contribution in [0, 0.1) is 6.92 Å². The van der Waals surface area contributed by atoms with Crippen LogP contribution in [0.4, 0.5) is 0 Å². The number of amides is 2. The molecule has 0 aliphatic carbocycles. The van der Waals surface area contributed by atoms with Crippen molar-refractivity contribution in [3.8, 4) is 0 Å². The summed E-state index contributed by atoms with van der Waals surface area (Å²) in [5, 5.41) is 3.89. The fourth-order valence-electron chi connectivity index (χ4n) is 1.80. The maximum Gasteiger partial charge on any atom is 0.272 e. The van der Waals surface area contributed by atoms with Gasteiger partial charge in [0, 0.05) is 4.47 Å². The monoisotopic (exact) mass is 395 g/mol. The molecule has 0 fully saturated rings. The number of aryl methyl sites for hydroxylation is 1. The van der Waals surface area contributed by atoms with Crippen LogP contribution >= 0.6 is 28.3 Å². The molecule has 0 saturated carbocycles. The SMILES string of the molecule is Cc1ccc(C=NNC(=O)c2cc(Br)ccc2C(N)=O)cc1.Cl. The number of hydrogen-bond donors (Lipinski definition) is 2. The number of hydrazone groups is 1. The predicted molar refractivity (Wildman–Crippen MR) is 96.1 cm³/mol. The Labute approximate surface area is 148 Å². The summed E-state index contributed by atoms with van der Waals surface area (Å²) in [6.45, 7) is 1.99. The Morgan fingerprint density at radius 2 is 1.78 bits per heavy atom. The summed E-state index contributed by atoms with van der Waals surface area (Å²) in [6.07, 6.45) is 1.53. The van der Waals surface area contributed by atoms with Gasteiger partial charge in [0.15, 0.2) is 0 Å². The number of benzene rings is 2. The molecule has 0 aliphatic heterocycles. The van der Waals surface area contributed by atoms with E-state index in [4.69, 9.17) is 5.73 Å². The van der Waals surface area contributed by atoms with Crippen LogP contribution in [0.25, 0.3) is 0 Å². The van der Waals surface area contributed by atoms with Crippen LogP contribution in [0.3, 0.4) is 0 Å². The minimum Gasteiger partial charge on any atom is -0.366 e. The third-order valence-electron chi connectivity index (χ3n) is 2.95. The van der Waals surface area contributed by atoms with Crippen LogP contribution in [0.15, 0.2) is 52.0 Å². The third kappa shape index (κ3) is 5.19. The Hall–Kier alpha value is -2.18. The Morgan fingerprint density at radius 1 is 1.13 bits per heavy atom. The molecule has 120 valence electrons. The first-order valence-electron chi connectivity index (χ1n) is 6.47. The van der Waals surface area contributed by atoms with Crippen LogP contribution in [0.1, 0.15) is 31.8 Å². The summed E-state index contributed by atoms with van der Waals surface area (Å²) in [7, 11) is 0. The van der Waals surface area contributed by atoms with E-state index >= 15 is 0 Å². The summed E-state index contributed by atoms with van der Waals surface area (Å²) >= 11 is 3.25. The van der Waals surface area contributed by atoms with E-state index in [0.717, 1.165) is 11.1 Å². The van der Waals surface area contributed by atoms with E-state index in [-0.39, 0.29) is 23.5 Å². The Balaban J connectivity index is 0.00000264. The summed E-state index contributed by atoms with van der Waals surface area (Å²) < 4.78 is 0.671. The molecule has 0 heterocycles. The van der Waals surface area contributed by atoms with Gasteiger partial charge in [-0.15, -0.1) is 12.4 Å². The molecular weight excluding hydrogens is 382 g/mol. The maximum atomic E-state index is 12.1. The number of hydrogen-bond acceptors (Lipinski definition) is 3. The summed E-state index contributed by atoms with van der Waals surface area (Å²) in [6, 6.07) is 12.3. The number of primary amides is 1. The number of carbonyl (C=O) groups is 2. The second kappa shape index (κ2) is 8.45. The summed E-state index contributed by atoms with van der Waals surface area (Å²) in [4.78, 5) is 23.5. The minimum absolute atomic E-state index is 0. The van der Waals surface area contributed by atoms with Gasteiger partial charge in [-0.1, -0.05) is 45.8 Å². The first-order valence-corrected chi connectivity index (χ1v) is 7.26. The number of nitrogens with zero attached hydrogens (tertiary/aromatic N) is 1. The second-order valence-electron chi connectivity index (χ2n) is 4.66. The minimum atomic E-state index is -0.667. The van der Waals surface area contributed by atoms with Crippen molar-refractivity contribution < 1.29 is 9.59 Å². The molecule has 0 spiro atoms. The molecule has 2 aromatic rings. The van der Waals surface area contributed by atoms with Crippen molar-refractivity contribution in [2.45, 2.75) is 6.92 Å². The zero-order valence-electron chi connectivity index (χ0n) is 12.2. The topological polar surface area (TPSA) is 84.6 Å². The van der Waals surface area contributed by atoms with Gasteiger partial charge in [-0.25, -0.2) is 5.43 Å². The summed E-state index contributed by atoms with van der Waals surface area (Å²) in [5.41, 5.74) is 9.96. The lowest BCUT2D eigenvalue weighted by Gasteiger charge is -2.05. The number of halogens is 2. The molecule has 0 aromatic heterocycles. The third-order valence-corrected chi connectivity index (χ3v) is 3.44. The first-order chi connectivity index (χ1) is 10.5. The molecule has 2 rings (SSSR count). The standard InChI is InChI=1S/C16H14BrN3O2.ClH/c1-10-2-4-11(5-3-10)9-19-20-16(22)14-8-12(17)6-7-13(14)15(18)21;/h2-9H,1H3,(H2,18,21)(H,20,22);1H. The molecule has 3 N–H and O–H groups in total. The highest BCUT2D eigenvalue weighted by molar-refractivity contribution is 9.10. The average molecular weight is 397 g/mol. The fraction of sp³-hybridized carbons (Fsp3) is 0.0625. The average Bonchev–Trinajstić information content (AvgIpc) is 2.48. The second-order valence-corrected chi connectivity index (χ2v) is 5.58. The number of nitrogens with one attached hydrogen (secondary N) is 1. The van der Waals surface area contributed by atoms with Gasteiger partial charge >= 0.3 is 0 Å². The Kier molecular flexibility index (Phi) is 6.93. The van der Waals surface area contributed by atoms with Gasteiger partial charge < -0.3 is 5.73 Å². The van der Waals surface area contributed by atoms with Gasteiger partial charge in [-0.3, -0.25) is 9.59 Å². The van der Waals surface area contributed by atoms with E-state index in [9.17, 15) is 9.59 Å². The molecule has 0 unspecified atom stereocenters. The normalized spacial score (nSPS) is 10.2. The van der Waals surface area contributed by atoms with E-state index in [1.54, 1.807) is 6.07 Å². The first kappa shape index (κ1) is 18.9. The quantitative estimate of drug-likeness (QED) is 0.615. The van der Waals surface area contributed by atoms with Crippen molar-refractivity contribution in [1.29, 1.82) is 0 Å². The van der Waals surface area contributed by atoms with Crippen LogP contribution in [-0.4, -0.2) is 18.0 Å². The van der Waals surface area contributed by atoms with E-state index in [0.29, 0.717) is 4.47 Å². The fourth-order valence-corrected chi connectivity index (χ4v) is 2.16. The van der Waals surface area contributed by atoms with Gasteiger partial charge in [0.05, 0.1) is 17.3 Å². The van der Waals surface area contributed by atoms with Gasteiger partial charge in [0.25, 0.3) is 5.91 Å². The molecule has 0 aliphatic rings. The molecular formula is C16H15BrClN3O2. The highest BCUT2D eigenvalue weighted by Gasteiger charge is 2.15. The molecule has 5 nitrogen and oxygen atoms in total. The lowest BCUT2D eigenvalue weighted by atomic mass is 10.1. The van der Waals surface area contributed by atoms with Crippen molar-refractivity contribution in [1.82, 2.24) is 5.43 Å². The van der Waals surface area contributed by atoms with Crippen LogP contribution in [-0.2, 0) is 0 Å². The van der Waals surface area contributed by atoms with Crippen molar-refractivity contribution in [3.05, 3.63) is 69.2 Å². The van der Waals surface area contributed by atoms with E-state index in [2.05, 4.69) is 26.5 Å². The van der Waals surface area contributed by atoms with Gasteiger partial charge in [-0.05, 0) is 30.7 Å². The molecule has 0 bridgehead atoms. The number of rotatable bonds is 4. The van der Waals surface area contributed by atoms with Crippen LogP contribution < -0.4 is 11.2 Å². The lowest BCUT2D eigenvalue weighted by molar-refractivity contribution is 0.0937. The molecule has 23 heavy (non-hydrogen) atoms. The molecule has 0 saturated heterocycles. The molecule has 2 aromatic carbocycles. The van der Waals surface area contributed by atoms with Crippen LogP contribution in [0.2, 0.25) is 0 Å². The van der Waals surface area contributed by atoms with Gasteiger partial charge in [-0.2, -0.15) is 5.10 Å². The Morgan fingerprint density at radius 3 is 2.39 bits per heavy atom.